The van der Waals surface area contributed by atoms with Crippen LogP contribution in [-0.4, -0.2) is 37.2 Å². The van der Waals surface area contributed by atoms with E-state index in [2.05, 4.69) is 130 Å². The van der Waals surface area contributed by atoms with Crippen molar-refractivity contribution in [2.24, 2.45) is 0 Å². The standard InChI is InChI=1S/C72H122O6/c1-4-7-10-13-16-19-22-25-27-28-29-30-31-32-33-34-35-36-37-38-39-40-41-42-43-44-45-48-50-53-56-59-62-65-71(74)77-68-69(67-76-70(73)64-61-58-55-52-49-46-24-21-18-15-12-9-6-3)78-72(75)66-63-60-57-54-51-47-26-23-20-17-14-11-8-5-2/h7,10,16,19,21,23-27,29-30,32-33,35-36,38-39,69H,4-6,8-9,11-15,17-18,20,22,28,31,34,37,40-68H2,1-3H3/b10-7-,19-16-,24-21-,26-23-,27-25-,30-29-,33-32-,36-35-,39-38-. The zero-order chi connectivity index (χ0) is 56.4. The molecular weight excluding hydrogens is 961 g/mol. The molecule has 0 saturated heterocycles. The lowest BCUT2D eigenvalue weighted by atomic mass is 10.0. The number of carbonyl (C=O) groups is 3. The number of esters is 3. The number of carbonyl (C=O) groups excluding carboxylic acids is 3. The first-order chi connectivity index (χ1) is 38.5. The van der Waals surface area contributed by atoms with Crippen molar-refractivity contribution in [2.45, 2.75) is 316 Å². The van der Waals surface area contributed by atoms with Crippen LogP contribution in [-0.2, 0) is 28.6 Å². The van der Waals surface area contributed by atoms with E-state index >= 15 is 0 Å². The number of rotatable bonds is 59. The van der Waals surface area contributed by atoms with Crippen molar-refractivity contribution in [1.82, 2.24) is 0 Å². The lowest BCUT2D eigenvalue weighted by Crippen LogP contribution is -2.30. The van der Waals surface area contributed by atoms with Gasteiger partial charge in [0.25, 0.3) is 0 Å². The molecular formula is C72H122O6. The van der Waals surface area contributed by atoms with Gasteiger partial charge < -0.3 is 14.2 Å². The van der Waals surface area contributed by atoms with Crippen LogP contribution in [0.25, 0.3) is 0 Å². The molecule has 0 fully saturated rings. The molecule has 6 nitrogen and oxygen atoms in total. The smallest absolute Gasteiger partial charge is 0.306 e. The Morgan fingerprint density at radius 3 is 0.808 bits per heavy atom. The van der Waals surface area contributed by atoms with Gasteiger partial charge in [0.1, 0.15) is 13.2 Å². The Bertz CT molecular complexity index is 1570. The van der Waals surface area contributed by atoms with Gasteiger partial charge in [0.05, 0.1) is 0 Å². The van der Waals surface area contributed by atoms with Crippen LogP contribution in [0.4, 0.5) is 0 Å². The third-order valence-electron chi connectivity index (χ3n) is 14.0. The van der Waals surface area contributed by atoms with E-state index in [0.717, 1.165) is 122 Å². The predicted molar refractivity (Wildman–Crippen MR) is 339 cm³/mol. The molecule has 0 radical (unpaired) electrons. The Morgan fingerprint density at radius 2 is 0.500 bits per heavy atom. The summed E-state index contributed by atoms with van der Waals surface area (Å²) in [5.41, 5.74) is 0. The fourth-order valence-corrected chi connectivity index (χ4v) is 9.06. The van der Waals surface area contributed by atoms with Crippen LogP contribution in [0.1, 0.15) is 310 Å². The van der Waals surface area contributed by atoms with E-state index in [-0.39, 0.29) is 31.1 Å². The van der Waals surface area contributed by atoms with E-state index in [4.69, 9.17) is 14.2 Å². The van der Waals surface area contributed by atoms with Crippen LogP contribution in [0.5, 0.6) is 0 Å². The van der Waals surface area contributed by atoms with Gasteiger partial charge in [-0.25, -0.2) is 0 Å². The van der Waals surface area contributed by atoms with Crippen LogP contribution in [0, 0.1) is 0 Å². The molecule has 0 aliphatic carbocycles. The molecule has 6 heteroatoms. The van der Waals surface area contributed by atoms with Gasteiger partial charge in [-0.15, -0.1) is 0 Å². The van der Waals surface area contributed by atoms with Gasteiger partial charge in [-0.3, -0.25) is 14.4 Å². The van der Waals surface area contributed by atoms with E-state index in [0.29, 0.717) is 19.3 Å². The first-order valence-corrected chi connectivity index (χ1v) is 32.9. The predicted octanol–water partition coefficient (Wildman–Crippen LogP) is 22.6. The Kier molecular flexibility index (Phi) is 62.3. The van der Waals surface area contributed by atoms with Gasteiger partial charge in [-0.2, -0.15) is 0 Å². The first-order valence-electron chi connectivity index (χ1n) is 32.9. The molecule has 0 aromatic carbocycles. The normalized spacial score (nSPS) is 12.8. The maximum absolute atomic E-state index is 12.9. The summed E-state index contributed by atoms with van der Waals surface area (Å²) in [6.45, 7) is 6.50. The van der Waals surface area contributed by atoms with Crippen molar-refractivity contribution in [1.29, 1.82) is 0 Å². The van der Waals surface area contributed by atoms with Gasteiger partial charge in [0.15, 0.2) is 6.10 Å². The summed E-state index contributed by atoms with van der Waals surface area (Å²) in [5, 5.41) is 0. The molecule has 1 unspecified atom stereocenters. The van der Waals surface area contributed by atoms with Crippen molar-refractivity contribution in [3.05, 3.63) is 109 Å². The maximum atomic E-state index is 12.9. The largest absolute Gasteiger partial charge is 0.462 e. The second kappa shape index (κ2) is 65.6. The minimum Gasteiger partial charge on any atom is -0.462 e. The van der Waals surface area contributed by atoms with Crippen LogP contribution in [0.15, 0.2) is 109 Å². The molecule has 0 amide bonds. The maximum Gasteiger partial charge on any atom is 0.306 e. The fourth-order valence-electron chi connectivity index (χ4n) is 9.06. The van der Waals surface area contributed by atoms with E-state index in [1.807, 2.05) is 0 Å². The van der Waals surface area contributed by atoms with Gasteiger partial charge in [0.2, 0.25) is 0 Å². The quantitative estimate of drug-likeness (QED) is 0.0261. The molecule has 0 N–H and O–H groups in total. The average molecular weight is 1080 g/mol. The highest BCUT2D eigenvalue weighted by molar-refractivity contribution is 5.71. The van der Waals surface area contributed by atoms with Crippen molar-refractivity contribution in [3.63, 3.8) is 0 Å². The molecule has 0 saturated carbocycles. The van der Waals surface area contributed by atoms with Crippen LogP contribution >= 0.6 is 0 Å². The Balaban J connectivity index is 4.21. The van der Waals surface area contributed by atoms with E-state index in [1.54, 1.807) is 0 Å². The molecule has 0 aliphatic heterocycles. The SMILES string of the molecule is CC/C=C\C/C=C\C/C=C\C/C=C\C/C=C\C/C=C\C/C=C\CCCCCCCCCCCCCC(=O)OCC(COC(=O)CCCCCCC/C=C\CCCCCC)OC(=O)CCCCCCC/C=C\CCCCCCC. The van der Waals surface area contributed by atoms with E-state index in [9.17, 15) is 14.4 Å². The zero-order valence-electron chi connectivity index (χ0n) is 51.2. The summed E-state index contributed by atoms with van der Waals surface area (Å²) in [6.07, 6.45) is 89.6. The van der Waals surface area contributed by atoms with Gasteiger partial charge in [-0.1, -0.05) is 271 Å². The molecule has 0 rings (SSSR count). The molecule has 0 bridgehead atoms. The first kappa shape index (κ1) is 74.1. The summed E-state index contributed by atoms with van der Waals surface area (Å²) in [6, 6.07) is 0. The van der Waals surface area contributed by atoms with Crippen LogP contribution < -0.4 is 0 Å². The summed E-state index contributed by atoms with van der Waals surface area (Å²) in [5.74, 6) is -0.897. The molecule has 0 aromatic heterocycles. The van der Waals surface area contributed by atoms with Crippen molar-refractivity contribution in [2.75, 3.05) is 13.2 Å². The van der Waals surface area contributed by atoms with E-state index in [1.165, 1.54) is 148 Å². The zero-order valence-corrected chi connectivity index (χ0v) is 51.2. The van der Waals surface area contributed by atoms with Gasteiger partial charge >= 0.3 is 17.9 Å². The molecule has 0 aliphatic rings. The summed E-state index contributed by atoms with van der Waals surface area (Å²) < 4.78 is 16.9. The Morgan fingerprint density at radius 1 is 0.269 bits per heavy atom. The third kappa shape index (κ3) is 62.9. The second-order valence-corrected chi connectivity index (χ2v) is 21.6. The summed E-state index contributed by atoms with van der Waals surface area (Å²) in [7, 11) is 0. The number of allylic oxidation sites excluding steroid dienone is 18. The topological polar surface area (TPSA) is 78.9 Å². The highest BCUT2D eigenvalue weighted by atomic mass is 16.6. The number of hydrogen-bond donors (Lipinski definition) is 0. The molecule has 0 heterocycles. The van der Waals surface area contributed by atoms with Crippen molar-refractivity contribution in [3.8, 4) is 0 Å². The van der Waals surface area contributed by atoms with Crippen molar-refractivity contribution < 1.29 is 28.6 Å². The third-order valence-corrected chi connectivity index (χ3v) is 14.0. The Hall–Kier alpha value is -3.93. The summed E-state index contributed by atoms with van der Waals surface area (Å²) in [4.78, 5) is 38.2. The molecule has 0 spiro atoms. The van der Waals surface area contributed by atoms with Crippen LogP contribution in [0.3, 0.4) is 0 Å². The second-order valence-electron chi connectivity index (χ2n) is 21.6. The molecule has 1 atom stereocenters. The lowest BCUT2D eigenvalue weighted by Gasteiger charge is -2.18. The van der Waals surface area contributed by atoms with Crippen molar-refractivity contribution >= 4 is 17.9 Å². The summed E-state index contributed by atoms with van der Waals surface area (Å²) >= 11 is 0. The highest BCUT2D eigenvalue weighted by Crippen LogP contribution is 2.16. The lowest BCUT2D eigenvalue weighted by molar-refractivity contribution is -0.167. The highest BCUT2D eigenvalue weighted by Gasteiger charge is 2.19. The number of hydrogen-bond acceptors (Lipinski definition) is 6. The van der Waals surface area contributed by atoms with Crippen LogP contribution in [0.2, 0.25) is 0 Å². The molecule has 0 aromatic rings. The van der Waals surface area contributed by atoms with Gasteiger partial charge in [-0.05, 0) is 128 Å². The van der Waals surface area contributed by atoms with Gasteiger partial charge in [0, 0.05) is 19.3 Å². The fraction of sp³-hybridized carbons (Fsp3) is 0.708. The van der Waals surface area contributed by atoms with E-state index < -0.39 is 6.10 Å². The number of ether oxygens (including phenoxy) is 3. The Labute approximate surface area is 482 Å². The number of unbranched alkanes of at least 4 members (excludes halogenated alkanes) is 30. The molecule has 78 heavy (non-hydrogen) atoms. The minimum atomic E-state index is -0.787. The monoisotopic (exact) mass is 1080 g/mol. The molecule has 446 valence electrons. The minimum absolute atomic E-state index is 0.0843. The average Bonchev–Trinajstić information content (AvgIpc) is 3.44.